The molecule has 3 heteroatoms. The van der Waals surface area contributed by atoms with Crippen LogP contribution in [0.25, 0.3) is 0 Å². The molecule has 2 nitrogen and oxygen atoms in total. The molecule has 0 aliphatic carbocycles. The lowest BCUT2D eigenvalue weighted by atomic mass is 10.0. The van der Waals surface area contributed by atoms with Gasteiger partial charge in [0.15, 0.2) is 0 Å². The highest BCUT2D eigenvalue weighted by Gasteiger charge is 2.07. The summed E-state index contributed by atoms with van der Waals surface area (Å²) >= 11 is 5.59. The number of carbonyl (C=O) groups is 1. The topological polar surface area (TPSA) is 29.1 Å². The number of aldehydes is 1. The van der Waals surface area contributed by atoms with Crippen LogP contribution in [0.5, 0.6) is 0 Å². The van der Waals surface area contributed by atoms with E-state index in [1.165, 1.54) is 0 Å². The predicted octanol–water partition coefficient (Wildman–Crippen LogP) is 2.64. The first kappa shape index (κ1) is 11.1. The molecular formula is C11H14ClNO. The zero-order valence-electron chi connectivity index (χ0n) is 8.16. The van der Waals surface area contributed by atoms with Gasteiger partial charge in [0, 0.05) is 24.0 Å². The fourth-order valence-electron chi connectivity index (χ4n) is 1.31. The molecule has 0 fully saturated rings. The van der Waals surface area contributed by atoms with Crippen LogP contribution >= 0.6 is 11.6 Å². The van der Waals surface area contributed by atoms with E-state index in [2.05, 4.69) is 5.32 Å². The Morgan fingerprint density at radius 2 is 2.21 bits per heavy atom. The van der Waals surface area contributed by atoms with Crippen molar-refractivity contribution in [1.82, 2.24) is 0 Å². The number of hydrogen-bond donors (Lipinski definition) is 1. The van der Waals surface area contributed by atoms with Crippen molar-refractivity contribution in [2.24, 2.45) is 0 Å². The minimum absolute atomic E-state index is 0.0750. The summed E-state index contributed by atoms with van der Waals surface area (Å²) in [6.07, 6.45) is 0.946. The molecule has 0 bridgehead atoms. The van der Waals surface area contributed by atoms with Crippen molar-refractivity contribution >= 4 is 23.6 Å². The number of anilines is 1. The summed E-state index contributed by atoms with van der Waals surface area (Å²) in [6, 6.07) is 7.79. The molecule has 0 radical (unpaired) electrons. The summed E-state index contributed by atoms with van der Waals surface area (Å²) in [7, 11) is 0. The van der Waals surface area contributed by atoms with Crippen LogP contribution < -0.4 is 5.32 Å². The van der Waals surface area contributed by atoms with Gasteiger partial charge in [0.2, 0.25) is 0 Å². The number of carbonyl (C=O) groups excluding carboxylic acids is 1. The molecule has 1 rings (SSSR count). The molecule has 0 aliphatic rings. The van der Waals surface area contributed by atoms with Gasteiger partial charge >= 0.3 is 0 Å². The van der Waals surface area contributed by atoms with Gasteiger partial charge in [0.05, 0.1) is 0 Å². The summed E-state index contributed by atoms with van der Waals surface area (Å²) in [6.45, 7) is 2.60. The van der Waals surface area contributed by atoms with Crippen molar-refractivity contribution in [3.8, 4) is 0 Å². The van der Waals surface area contributed by atoms with Gasteiger partial charge in [-0.1, -0.05) is 25.1 Å². The van der Waals surface area contributed by atoms with Crippen molar-refractivity contribution < 1.29 is 4.79 Å². The molecule has 0 saturated heterocycles. The average molecular weight is 212 g/mol. The van der Waals surface area contributed by atoms with E-state index in [9.17, 15) is 4.79 Å². The Bertz CT molecular complexity index is 301. The maximum absolute atomic E-state index is 10.7. The van der Waals surface area contributed by atoms with Crippen LogP contribution in [0.2, 0.25) is 0 Å². The van der Waals surface area contributed by atoms with E-state index in [1.54, 1.807) is 0 Å². The van der Waals surface area contributed by atoms with Crippen LogP contribution in [0.1, 0.15) is 18.4 Å². The molecule has 0 amide bonds. The molecule has 0 aromatic heterocycles. The number of benzene rings is 1. The molecule has 1 aromatic carbocycles. The lowest BCUT2D eigenvalue weighted by molar-refractivity contribution is -0.108. The average Bonchev–Trinajstić information content (AvgIpc) is 2.25. The zero-order valence-corrected chi connectivity index (χ0v) is 8.92. The Hall–Kier alpha value is -1.02. The second kappa shape index (κ2) is 5.66. The Morgan fingerprint density at radius 1 is 1.50 bits per heavy atom. The van der Waals surface area contributed by atoms with Gasteiger partial charge in [-0.3, -0.25) is 0 Å². The zero-order chi connectivity index (χ0) is 10.4. The van der Waals surface area contributed by atoms with Gasteiger partial charge in [-0.15, -0.1) is 11.6 Å². The highest BCUT2D eigenvalue weighted by molar-refractivity contribution is 6.18. The largest absolute Gasteiger partial charge is 0.384 e. The molecule has 0 saturated carbocycles. The Kier molecular flexibility index (Phi) is 4.47. The van der Waals surface area contributed by atoms with Crippen molar-refractivity contribution in [3.63, 3.8) is 0 Å². The summed E-state index contributed by atoms with van der Waals surface area (Å²) in [4.78, 5) is 10.7. The van der Waals surface area contributed by atoms with Gasteiger partial charge in [-0.05, 0) is 11.6 Å². The van der Waals surface area contributed by atoms with Crippen LogP contribution in [-0.2, 0) is 4.79 Å². The Morgan fingerprint density at radius 3 is 2.86 bits per heavy atom. The van der Waals surface area contributed by atoms with Crippen LogP contribution in [0.3, 0.4) is 0 Å². The highest BCUT2D eigenvalue weighted by atomic mass is 35.5. The van der Waals surface area contributed by atoms with Crippen LogP contribution in [-0.4, -0.2) is 18.7 Å². The third-order valence-electron chi connectivity index (χ3n) is 2.07. The molecule has 1 unspecified atom stereocenters. The maximum atomic E-state index is 10.7. The van der Waals surface area contributed by atoms with Crippen LogP contribution in [0.15, 0.2) is 24.3 Å². The number of hydrogen-bond acceptors (Lipinski definition) is 2. The first-order valence-electron chi connectivity index (χ1n) is 4.63. The van der Waals surface area contributed by atoms with E-state index in [4.69, 9.17) is 11.6 Å². The predicted molar refractivity (Wildman–Crippen MR) is 60.1 cm³/mol. The monoisotopic (exact) mass is 211 g/mol. The van der Waals surface area contributed by atoms with E-state index in [0.717, 1.165) is 17.5 Å². The number of alkyl halides is 1. The second-order valence-electron chi connectivity index (χ2n) is 3.13. The van der Waals surface area contributed by atoms with Gasteiger partial charge in [-0.25, -0.2) is 0 Å². The third-order valence-corrected chi connectivity index (χ3v) is 2.25. The summed E-state index contributed by atoms with van der Waals surface area (Å²) in [5.41, 5.74) is 2.01. The van der Waals surface area contributed by atoms with Gasteiger partial charge in [-0.2, -0.15) is 0 Å². The van der Waals surface area contributed by atoms with Crippen molar-refractivity contribution in [3.05, 3.63) is 29.8 Å². The number of rotatable bonds is 5. The molecule has 76 valence electrons. The molecule has 0 spiro atoms. The fraction of sp³-hybridized carbons (Fsp3) is 0.364. The Labute approximate surface area is 89.3 Å². The highest BCUT2D eigenvalue weighted by Crippen LogP contribution is 2.22. The molecule has 14 heavy (non-hydrogen) atoms. The van der Waals surface area contributed by atoms with Crippen molar-refractivity contribution in [2.75, 3.05) is 17.7 Å². The summed E-state index contributed by atoms with van der Waals surface area (Å²) < 4.78 is 0. The first-order valence-corrected chi connectivity index (χ1v) is 5.17. The normalized spacial score (nSPS) is 12.1. The molecule has 1 atom stereocenters. The molecule has 0 aliphatic heterocycles. The molecule has 0 heterocycles. The number of nitrogens with one attached hydrogen (secondary N) is 1. The van der Waals surface area contributed by atoms with E-state index >= 15 is 0 Å². The fourth-order valence-corrected chi connectivity index (χ4v) is 1.40. The third kappa shape index (κ3) is 2.74. The van der Waals surface area contributed by atoms with Crippen LogP contribution in [0.4, 0.5) is 5.69 Å². The minimum Gasteiger partial charge on any atom is -0.384 e. The van der Waals surface area contributed by atoms with E-state index < -0.39 is 0 Å². The van der Waals surface area contributed by atoms with E-state index in [0.29, 0.717) is 12.4 Å². The second-order valence-corrected chi connectivity index (χ2v) is 3.51. The summed E-state index contributed by atoms with van der Waals surface area (Å²) in [5, 5.41) is 3.19. The van der Waals surface area contributed by atoms with Crippen LogP contribution in [0, 0.1) is 0 Å². The maximum Gasteiger partial charge on any atom is 0.127 e. The van der Waals surface area contributed by atoms with Gasteiger partial charge < -0.3 is 10.1 Å². The minimum atomic E-state index is -0.0750. The summed E-state index contributed by atoms with van der Waals surface area (Å²) in [5.74, 6) is 0.484. The number of halogens is 1. The lowest BCUT2D eigenvalue weighted by Crippen LogP contribution is -2.07. The SMILES string of the molecule is CC(C=O)c1ccccc1NCCCl. The molecule has 1 aromatic rings. The van der Waals surface area contributed by atoms with Gasteiger partial charge in [0.25, 0.3) is 0 Å². The Balaban J connectivity index is 2.85. The molecular weight excluding hydrogens is 198 g/mol. The first-order chi connectivity index (χ1) is 6.79. The van der Waals surface area contributed by atoms with Crippen molar-refractivity contribution in [2.45, 2.75) is 12.8 Å². The molecule has 1 N–H and O–H groups in total. The number of para-hydroxylation sites is 1. The standard InChI is InChI=1S/C11H14ClNO/c1-9(8-14)10-4-2-3-5-11(10)13-7-6-12/h2-5,8-9,13H,6-7H2,1H3. The lowest BCUT2D eigenvalue weighted by Gasteiger charge is -2.12. The van der Waals surface area contributed by atoms with Crippen molar-refractivity contribution in [1.29, 1.82) is 0 Å². The quantitative estimate of drug-likeness (QED) is 0.599. The smallest absolute Gasteiger partial charge is 0.127 e. The van der Waals surface area contributed by atoms with Gasteiger partial charge in [0.1, 0.15) is 6.29 Å². The van der Waals surface area contributed by atoms with E-state index in [-0.39, 0.29) is 5.92 Å². The van der Waals surface area contributed by atoms with E-state index in [1.807, 2.05) is 31.2 Å².